The van der Waals surface area contributed by atoms with Crippen molar-refractivity contribution in [3.63, 3.8) is 0 Å². The van der Waals surface area contributed by atoms with Crippen molar-refractivity contribution >= 4 is 11.6 Å². The maximum absolute atomic E-state index is 12.3. The van der Waals surface area contributed by atoms with Gasteiger partial charge in [0.25, 0.3) is 0 Å². The van der Waals surface area contributed by atoms with Crippen molar-refractivity contribution in [3.8, 4) is 0 Å². The topological polar surface area (TPSA) is 78.6 Å². The number of piperidine rings is 1. The lowest BCUT2D eigenvalue weighted by molar-refractivity contribution is -0.119. The van der Waals surface area contributed by atoms with Gasteiger partial charge in [-0.3, -0.25) is 9.69 Å². The third-order valence-electron chi connectivity index (χ3n) is 4.78. The van der Waals surface area contributed by atoms with Crippen LogP contribution in [0, 0.1) is 11.3 Å². The molecule has 2 rings (SSSR count). The number of likely N-dealkylation sites (tertiary alicyclic amines) is 1. The number of rotatable bonds is 5. The Morgan fingerprint density at radius 1 is 1.38 bits per heavy atom. The Labute approximate surface area is 145 Å². The second kappa shape index (κ2) is 8.10. The van der Waals surface area contributed by atoms with E-state index in [9.17, 15) is 9.90 Å². The highest BCUT2D eigenvalue weighted by Crippen LogP contribution is 2.21. The Bertz CT molecular complexity index is 546. The van der Waals surface area contributed by atoms with Gasteiger partial charge in [-0.25, -0.2) is 0 Å². The fraction of sp³-hybridized carbons (Fsp3) is 0.632. The van der Waals surface area contributed by atoms with Crippen molar-refractivity contribution in [2.45, 2.75) is 46.2 Å². The zero-order valence-electron chi connectivity index (χ0n) is 15.1. The van der Waals surface area contributed by atoms with Gasteiger partial charge in [-0.05, 0) is 55.0 Å². The number of nitrogens with one attached hydrogen (secondary N) is 1. The molecule has 1 aliphatic rings. The van der Waals surface area contributed by atoms with Crippen molar-refractivity contribution in [2.24, 2.45) is 17.1 Å². The fourth-order valence-electron chi connectivity index (χ4n) is 2.95. The molecule has 24 heavy (non-hydrogen) atoms. The summed E-state index contributed by atoms with van der Waals surface area (Å²) in [6.07, 6.45) is 2.10. The van der Waals surface area contributed by atoms with Crippen LogP contribution in [-0.4, -0.2) is 41.7 Å². The Balaban J connectivity index is 1.93. The van der Waals surface area contributed by atoms with Crippen LogP contribution in [0.15, 0.2) is 24.3 Å². The predicted molar refractivity (Wildman–Crippen MR) is 97.6 cm³/mol. The molecule has 1 fully saturated rings. The molecule has 0 aliphatic carbocycles. The van der Waals surface area contributed by atoms with E-state index in [0.29, 0.717) is 12.5 Å². The highest BCUT2D eigenvalue weighted by Gasteiger charge is 2.27. The van der Waals surface area contributed by atoms with Gasteiger partial charge in [0.2, 0.25) is 5.91 Å². The summed E-state index contributed by atoms with van der Waals surface area (Å²) in [5.74, 6) is 0.300. The highest BCUT2D eigenvalue weighted by molar-refractivity contribution is 5.95. The number of benzene rings is 1. The minimum Gasteiger partial charge on any atom is -0.396 e. The summed E-state index contributed by atoms with van der Waals surface area (Å²) in [5.41, 5.74) is 7.72. The van der Waals surface area contributed by atoms with Crippen molar-refractivity contribution in [1.29, 1.82) is 0 Å². The largest absolute Gasteiger partial charge is 0.396 e. The van der Waals surface area contributed by atoms with Gasteiger partial charge in [0.15, 0.2) is 0 Å². The van der Waals surface area contributed by atoms with Crippen LogP contribution in [0.1, 0.15) is 39.2 Å². The van der Waals surface area contributed by atoms with E-state index in [0.717, 1.165) is 38.2 Å². The highest BCUT2D eigenvalue weighted by atomic mass is 16.3. The number of anilines is 1. The summed E-state index contributed by atoms with van der Waals surface area (Å²) in [4.78, 5) is 14.7. The van der Waals surface area contributed by atoms with Crippen molar-refractivity contribution in [1.82, 2.24) is 4.90 Å². The Kier molecular flexibility index (Phi) is 6.38. The molecule has 1 amide bonds. The van der Waals surface area contributed by atoms with Crippen LogP contribution in [-0.2, 0) is 11.3 Å². The minimum absolute atomic E-state index is 0.150. The van der Waals surface area contributed by atoms with Crippen LogP contribution >= 0.6 is 0 Å². The standard InChI is InChI=1S/C19H31N3O2/c1-19(2,3)17(20)18(24)21-16-6-4-5-15(11-16)12-22-9-7-14(13-23)8-10-22/h4-6,11,14,17,23H,7-10,12-13,20H2,1-3H3,(H,21,24)/t17-/m1/s1. The average molecular weight is 333 g/mol. The van der Waals surface area contributed by atoms with Crippen LogP contribution in [0.25, 0.3) is 0 Å². The van der Waals surface area contributed by atoms with E-state index < -0.39 is 6.04 Å². The quantitative estimate of drug-likeness (QED) is 0.772. The number of aliphatic hydroxyl groups is 1. The first kappa shape index (κ1) is 18.9. The van der Waals surface area contributed by atoms with Gasteiger partial charge in [0, 0.05) is 18.8 Å². The first-order valence-electron chi connectivity index (χ1n) is 8.78. The molecule has 1 heterocycles. The van der Waals surface area contributed by atoms with Crippen LogP contribution in [0.4, 0.5) is 5.69 Å². The van der Waals surface area contributed by atoms with Gasteiger partial charge < -0.3 is 16.2 Å². The third kappa shape index (κ3) is 5.30. The maximum atomic E-state index is 12.3. The van der Waals surface area contributed by atoms with Crippen molar-refractivity contribution in [2.75, 3.05) is 25.0 Å². The maximum Gasteiger partial charge on any atom is 0.241 e. The smallest absolute Gasteiger partial charge is 0.241 e. The molecule has 5 heteroatoms. The normalized spacial score (nSPS) is 18.4. The molecule has 1 aromatic rings. The van der Waals surface area contributed by atoms with E-state index >= 15 is 0 Å². The van der Waals surface area contributed by atoms with Gasteiger partial charge in [0.1, 0.15) is 0 Å². The lowest BCUT2D eigenvalue weighted by Gasteiger charge is -2.31. The fourth-order valence-corrected chi connectivity index (χ4v) is 2.95. The van der Waals surface area contributed by atoms with E-state index in [-0.39, 0.29) is 11.3 Å². The number of amides is 1. The van der Waals surface area contributed by atoms with Gasteiger partial charge in [0.05, 0.1) is 6.04 Å². The molecule has 1 aliphatic heterocycles. The first-order chi connectivity index (χ1) is 11.3. The monoisotopic (exact) mass is 333 g/mol. The van der Waals surface area contributed by atoms with Crippen molar-refractivity contribution < 1.29 is 9.90 Å². The number of nitrogens with zero attached hydrogens (tertiary/aromatic N) is 1. The van der Waals surface area contributed by atoms with E-state index in [1.54, 1.807) is 0 Å². The minimum atomic E-state index is -0.543. The molecule has 0 bridgehead atoms. The Morgan fingerprint density at radius 3 is 2.62 bits per heavy atom. The number of nitrogens with two attached hydrogens (primary N) is 1. The second-order valence-corrected chi connectivity index (χ2v) is 7.94. The zero-order valence-corrected chi connectivity index (χ0v) is 15.1. The lowest BCUT2D eigenvalue weighted by Crippen LogP contribution is -2.45. The molecule has 1 atom stereocenters. The summed E-state index contributed by atoms with van der Waals surface area (Å²) >= 11 is 0. The Hall–Kier alpha value is -1.43. The number of aliphatic hydroxyl groups excluding tert-OH is 1. The number of carbonyl (C=O) groups excluding carboxylic acids is 1. The van der Waals surface area contributed by atoms with E-state index in [2.05, 4.69) is 16.3 Å². The van der Waals surface area contributed by atoms with E-state index in [1.807, 2.05) is 39.0 Å². The number of carbonyl (C=O) groups is 1. The molecule has 1 saturated heterocycles. The summed E-state index contributed by atoms with van der Waals surface area (Å²) in [5, 5.41) is 12.1. The zero-order chi connectivity index (χ0) is 17.7. The van der Waals surface area contributed by atoms with E-state index in [4.69, 9.17) is 5.73 Å². The summed E-state index contributed by atoms with van der Waals surface area (Å²) < 4.78 is 0. The summed E-state index contributed by atoms with van der Waals surface area (Å²) in [6, 6.07) is 7.42. The van der Waals surface area contributed by atoms with Gasteiger partial charge in [-0.15, -0.1) is 0 Å². The van der Waals surface area contributed by atoms with Gasteiger partial charge in [-0.1, -0.05) is 32.9 Å². The first-order valence-corrected chi connectivity index (χ1v) is 8.78. The third-order valence-corrected chi connectivity index (χ3v) is 4.78. The summed E-state index contributed by atoms with van der Waals surface area (Å²) in [7, 11) is 0. The van der Waals surface area contributed by atoms with Crippen molar-refractivity contribution in [3.05, 3.63) is 29.8 Å². The SMILES string of the molecule is CC(C)(C)[C@H](N)C(=O)Nc1cccc(CN2CCC(CO)CC2)c1. The van der Waals surface area contributed by atoms with Gasteiger partial charge in [-0.2, -0.15) is 0 Å². The molecular weight excluding hydrogens is 302 g/mol. The summed E-state index contributed by atoms with van der Waals surface area (Å²) in [6.45, 7) is 9.07. The molecule has 0 aromatic heterocycles. The molecule has 0 saturated carbocycles. The second-order valence-electron chi connectivity index (χ2n) is 7.94. The van der Waals surface area contributed by atoms with Crippen LogP contribution in [0.2, 0.25) is 0 Å². The molecule has 0 spiro atoms. The molecule has 5 nitrogen and oxygen atoms in total. The molecule has 0 radical (unpaired) electrons. The van der Waals surface area contributed by atoms with Gasteiger partial charge >= 0.3 is 0 Å². The molecular formula is C19H31N3O2. The van der Waals surface area contributed by atoms with Crippen LogP contribution in [0.5, 0.6) is 0 Å². The van der Waals surface area contributed by atoms with Crippen LogP contribution in [0.3, 0.4) is 0 Å². The molecule has 4 N–H and O–H groups in total. The predicted octanol–water partition coefficient (Wildman–Crippen LogP) is 2.20. The number of hydrogen-bond donors (Lipinski definition) is 3. The van der Waals surface area contributed by atoms with E-state index in [1.165, 1.54) is 5.56 Å². The Morgan fingerprint density at radius 2 is 2.04 bits per heavy atom. The molecule has 1 aromatic carbocycles. The number of hydrogen-bond acceptors (Lipinski definition) is 4. The molecule has 0 unspecified atom stereocenters. The average Bonchev–Trinajstić information content (AvgIpc) is 2.54. The van der Waals surface area contributed by atoms with Crippen LogP contribution < -0.4 is 11.1 Å². The molecule has 134 valence electrons. The lowest BCUT2D eigenvalue weighted by atomic mass is 9.87.